The van der Waals surface area contributed by atoms with Crippen LogP contribution in [-0.4, -0.2) is 0 Å². The van der Waals surface area contributed by atoms with Gasteiger partial charge in [-0.25, -0.2) is 0 Å². The van der Waals surface area contributed by atoms with Gasteiger partial charge >= 0.3 is 0 Å². The topological polar surface area (TPSA) is 26.0 Å². The normalized spacial score (nSPS) is 12.5. The third kappa shape index (κ3) is 2.98. The first-order chi connectivity index (χ1) is 6.25. The molecule has 0 amide bonds. The summed E-state index contributed by atoms with van der Waals surface area (Å²) in [6.45, 7) is 3.68. The highest BCUT2D eigenvalue weighted by atomic mass is 79.9. The quantitative estimate of drug-likeness (QED) is 0.802. The van der Waals surface area contributed by atoms with Gasteiger partial charge in [0.1, 0.15) is 0 Å². The molecule has 0 saturated carbocycles. The summed E-state index contributed by atoms with van der Waals surface area (Å²) >= 11 is 3.48. The van der Waals surface area contributed by atoms with Crippen molar-refractivity contribution < 1.29 is 0 Å². The van der Waals surface area contributed by atoms with E-state index in [1.165, 1.54) is 5.56 Å². The molecule has 1 aromatic carbocycles. The molecule has 0 saturated heterocycles. The monoisotopic (exact) mass is 239 g/mol. The van der Waals surface area contributed by atoms with Gasteiger partial charge in [0, 0.05) is 10.5 Å². The fourth-order valence-corrected chi connectivity index (χ4v) is 1.81. The van der Waals surface area contributed by atoms with E-state index in [9.17, 15) is 0 Å². The van der Waals surface area contributed by atoms with Crippen LogP contribution in [-0.2, 0) is 0 Å². The first-order valence-electron chi connectivity index (χ1n) is 4.36. The average Bonchev–Trinajstić information content (AvgIpc) is 2.15. The molecule has 0 spiro atoms. The van der Waals surface area contributed by atoms with Crippen LogP contribution in [0.25, 0.3) is 0 Å². The number of nitrogens with two attached hydrogens (primary N) is 1. The highest BCUT2D eigenvalue weighted by molar-refractivity contribution is 9.10. The van der Waals surface area contributed by atoms with Gasteiger partial charge in [-0.15, -0.1) is 6.58 Å². The van der Waals surface area contributed by atoms with E-state index in [-0.39, 0.29) is 6.04 Å². The molecule has 13 heavy (non-hydrogen) atoms. The predicted molar refractivity (Wildman–Crippen MR) is 60.5 cm³/mol. The number of allylic oxidation sites excluding steroid dienone is 1. The molecular weight excluding hydrogens is 226 g/mol. The van der Waals surface area contributed by atoms with Gasteiger partial charge in [-0.3, -0.25) is 0 Å². The Morgan fingerprint density at radius 1 is 1.46 bits per heavy atom. The zero-order valence-electron chi connectivity index (χ0n) is 7.54. The lowest BCUT2D eigenvalue weighted by Crippen LogP contribution is -2.10. The Balaban J connectivity index is 2.70. The molecule has 2 N–H and O–H groups in total. The maximum Gasteiger partial charge on any atom is 0.0309 e. The second-order valence-corrected chi connectivity index (χ2v) is 3.85. The van der Waals surface area contributed by atoms with Crippen molar-refractivity contribution in [3.8, 4) is 0 Å². The fraction of sp³-hybridized carbons (Fsp3) is 0.273. The van der Waals surface area contributed by atoms with Gasteiger partial charge in [-0.05, 0) is 24.5 Å². The van der Waals surface area contributed by atoms with Gasteiger partial charge in [0.05, 0.1) is 0 Å². The lowest BCUT2D eigenvalue weighted by atomic mass is 10.0. The molecule has 0 aromatic heterocycles. The fourth-order valence-electron chi connectivity index (χ4n) is 1.23. The highest BCUT2D eigenvalue weighted by Crippen LogP contribution is 2.24. The van der Waals surface area contributed by atoms with Crippen LogP contribution in [0.1, 0.15) is 24.4 Å². The van der Waals surface area contributed by atoms with Crippen molar-refractivity contribution >= 4 is 15.9 Å². The van der Waals surface area contributed by atoms with Crippen molar-refractivity contribution in [2.24, 2.45) is 5.73 Å². The van der Waals surface area contributed by atoms with Crippen molar-refractivity contribution in [3.63, 3.8) is 0 Å². The smallest absolute Gasteiger partial charge is 0.0309 e. The highest BCUT2D eigenvalue weighted by Gasteiger charge is 2.07. The number of hydrogen-bond donors (Lipinski definition) is 1. The molecule has 70 valence electrons. The minimum atomic E-state index is 0.105. The number of rotatable bonds is 4. The van der Waals surface area contributed by atoms with E-state index in [0.717, 1.165) is 17.3 Å². The summed E-state index contributed by atoms with van der Waals surface area (Å²) in [4.78, 5) is 0. The van der Waals surface area contributed by atoms with Gasteiger partial charge < -0.3 is 5.73 Å². The molecule has 1 aromatic rings. The van der Waals surface area contributed by atoms with Crippen LogP contribution < -0.4 is 5.73 Å². The summed E-state index contributed by atoms with van der Waals surface area (Å²) in [5, 5.41) is 0. The van der Waals surface area contributed by atoms with Gasteiger partial charge in [0.25, 0.3) is 0 Å². The molecule has 0 fully saturated rings. The Hall–Kier alpha value is -0.600. The Morgan fingerprint density at radius 2 is 2.15 bits per heavy atom. The first-order valence-corrected chi connectivity index (χ1v) is 5.16. The van der Waals surface area contributed by atoms with Gasteiger partial charge in [0.2, 0.25) is 0 Å². The minimum Gasteiger partial charge on any atom is -0.324 e. The summed E-state index contributed by atoms with van der Waals surface area (Å²) in [6, 6.07) is 8.18. The van der Waals surface area contributed by atoms with E-state index in [1.54, 1.807) is 0 Å². The molecule has 0 aliphatic heterocycles. The standard InChI is InChI=1S/C11H14BrN/c1-2-3-8-11(13)9-6-4-5-7-10(9)12/h2,4-7,11H,1,3,8,13H2. The molecule has 0 heterocycles. The Morgan fingerprint density at radius 3 is 2.77 bits per heavy atom. The van der Waals surface area contributed by atoms with Gasteiger partial charge in [-0.2, -0.15) is 0 Å². The van der Waals surface area contributed by atoms with Gasteiger partial charge in [-0.1, -0.05) is 40.2 Å². The molecule has 1 nitrogen and oxygen atoms in total. The lowest BCUT2D eigenvalue weighted by molar-refractivity contribution is 0.659. The van der Waals surface area contributed by atoms with Crippen LogP contribution in [0.2, 0.25) is 0 Å². The molecule has 0 aliphatic rings. The zero-order chi connectivity index (χ0) is 9.68. The molecule has 1 rings (SSSR count). The van der Waals surface area contributed by atoms with Crippen molar-refractivity contribution in [1.82, 2.24) is 0 Å². The van der Waals surface area contributed by atoms with Crippen molar-refractivity contribution in [1.29, 1.82) is 0 Å². The van der Waals surface area contributed by atoms with E-state index < -0.39 is 0 Å². The lowest BCUT2D eigenvalue weighted by Gasteiger charge is -2.12. The number of hydrogen-bond acceptors (Lipinski definition) is 1. The average molecular weight is 240 g/mol. The summed E-state index contributed by atoms with van der Waals surface area (Å²) < 4.78 is 1.09. The second kappa shape index (κ2) is 5.20. The van der Waals surface area contributed by atoms with Crippen molar-refractivity contribution in [3.05, 3.63) is 47.0 Å². The molecular formula is C11H14BrN. The SMILES string of the molecule is C=CCCC(N)c1ccccc1Br. The molecule has 2 heteroatoms. The van der Waals surface area contributed by atoms with Crippen LogP contribution in [0.5, 0.6) is 0 Å². The predicted octanol–water partition coefficient (Wildman–Crippen LogP) is 3.42. The van der Waals surface area contributed by atoms with E-state index >= 15 is 0 Å². The van der Waals surface area contributed by atoms with Crippen molar-refractivity contribution in [2.45, 2.75) is 18.9 Å². The summed E-state index contributed by atoms with van der Waals surface area (Å²) in [5.74, 6) is 0. The van der Waals surface area contributed by atoms with E-state index in [1.807, 2.05) is 24.3 Å². The van der Waals surface area contributed by atoms with Crippen LogP contribution >= 0.6 is 15.9 Å². The molecule has 0 radical (unpaired) electrons. The number of halogens is 1. The van der Waals surface area contributed by atoms with Crippen LogP contribution in [0, 0.1) is 0 Å². The second-order valence-electron chi connectivity index (χ2n) is 2.99. The van der Waals surface area contributed by atoms with Crippen LogP contribution in [0.15, 0.2) is 41.4 Å². The van der Waals surface area contributed by atoms with E-state index in [2.05, 4.69) is 28.6 Å². The molecule has 0 aliphatic carbocycles. The largest absolute Gasteiger partial charge is 0.324 e. The first kappa shape index (κ1) is 10.5. The van der Waals surface area contributed by atoms with E-state index in [4.69, 9.17) is 5.73 Å². The number of benzene rings is 1. The third-order valence-corrected chi connectivity index (χ3v) is 2.71. The third-order valence-electron chi connectivity index (χ3n) is 1.99. The minimum absolute atomic E-state index is 0.105. The molecule has 0 bridgehead atoms. The van der Waals surface area contributed by atoms with Crippen LogP contribution in [0.4, 0.5) is 0 Å². The summed E-state index contributed by atoms with van der Waals surface area (Å²) in [7, 11) is 0. The zero-order valence-corrected chi connectivity index (χ0v) is 9.13. The van der Waals surface area contributed by atoms with Crippen LogP contribution in [0.3, 0.4) is 0 Å². The molecule has 1 atom stereocenters. The Kier molecular flexibility index (Phi) is 4.19. The molecule has 1 unspecified atom stereocenters. The van der Waals surface area contributed by atoms with Gasteiger partial charge in [0.15, 0.2) is 0 Å². The Bertz CT molecular complexity index is 283. The summed E-state index contributed by atoms with van der Waals surface area (Å²) in [6.07, 6.45) is 3.81. The van der Waals surface area contributed by atoms with E-state index in [0.29, 0.717) is 0 Å². The maximum absolute atomic E-state index is 6.00. The summed E-state index contributed by atoms with van der Waals surface area (Å²) in [5.41, 5.74) is 7.17. The Labute approximate surface area is 87.8 Å². The maximum atomic E-state index is 6.00. The van der Waals surface area contributed by atoms with Crippen molar-refractivity contribution in [2.75, 3.05) is 0 Å².